The van der Waals surface area contributed by atoms with Gasteiger partial charge in [0.1, 0.15) is 6.04 Å². The maximum absolute atomic E-state index is 12.9. The van der Waals surface area contributed by atoms with Crippen LogP contribution in [0.15, 0.2) is 24.3 Å². The summed E-state index contributed by atoms with van der Waals surface area (Å²) in [4.78, 5) is 40.5. The molecule has 3 fully saturated rings. The highest BCUT2D eigenvalue weighted by atomic mass is 16.6. The molecule has 31 heavy (non-hydrogen) atoms. The average Bonchev–Trinajstić information content (AvgIpc) is 3.68. The molecule has 168 valence electrons. The van der Waals surface area contributed by atoms with E-state index in [1.54, 1.807) is 17.0 Å². The van der Waals surface area contributed by atoms with Crippen molar-refractivity contribution in [1.82, 2.24) is 15.1 Å². The van der Waals surface area contributed by atoms with Crippen LogP contribution in [0.3, 0.4) is 0 Å². The van der Waals surface area contributed by atoms with Gasteiger partial charge in [0.15, 0.2) is 0 Å². The Labute approximate surface area is 182 Å². The standard InChI is InChI=1S/C22H31N5O4/c23-10-11-24-21(28)20-13-19(9-12-25(20)22(29)16-3-4-16)26(17-7-8-17)14-15-1-5-18(6-2-15)27(30)31/h1-2,5-6,16-17,19-20H,3-4,7-14,23H2,(H,24,28)/t19?,20-/m1/s1. The molecule has 1 unspecified atom stereocenters. The number of nitrogens with two attached hydrogens (primary N) is 1. The Balaban J connectivity index is 1.47. The van der Waals surface area contributed by atoms with Gasteiger partial charge in [-0.2, -0.15) is 0 Å². The number of piperidine rings is 1. The fourth-order valence-corrected chi connectivity index (χ4v) is 4.53. The van der Waals surface area contributed by atoms with Crippen molar-refractivity contribution in [2.75, 3.05) is 19.6 Å². The molecule has 2 saturated carbocycles. The van der Waals surface area contributed by atoms with Gasteiger partial charge >= 0.3 is 0 Å². The predicted octanol–water partition coefficient (Wildman–Crippen LogP) is 1.40. The lowest BCUT2D eigenvalue weighted by Crippen LogP contribution is -2.58. The molecule has 1 saturated heterocycles. The zero-order valence-corrected chi connectivity index (χ0v) is 17.7. The number of amides is 2. The SMILES string of the molecule is NCCNC(=O)[C@H]1CC(N(Cc2ccc([N+](=O)[O-])cc2)C2CC2)CCN1C(=O)C1CC1. The number of benzene rings is 1. The van der Waals surface area contributed by atoms with E-state index in [4.69, 9.17) is 5.73 Å². The van der Waals surface area contributed by atoms with Gasteiger partial charge in [-0.25, -0.2) is 0 Å². The highest BCUT2D eigenvalue weighted by molar-refractivity contribution is 5.89. The van der Waals surface area contributed by atoms with E-state index in [1.165, 1.54) is 0 Å². The van der Waals surface area contributed by atoms with Gasteiger partial charge in [-0.15, -0.1) is 0 Å². The molecule has 0 radical (unpaired) electrons. The molecule has 1 aromatic rings. The lowest BCUT2D eigenvalue weighted by Gasteiger charge is -2.43. The van der Waals surface area contributed by atoms with E-state index < -0.39 is 6.04 Å². The number of non-ortho nitro benzene ring substituents is 1. The number of hydrogen-bond donors (Lipinski definition) is 2. The molecule has 9 nitrogen and oxygen atoms in total. The Bertz CT molecular complexity index is 822. The number of nitrogens with one attached hydrogen (secondary N) is 1. The zero-order valence-electron chi connectivity index (χ0n) is 17.7. The van der Waals surface area contributed by atoms with Crippen LogP contribution in [0.2, 0.25) is 0 Å². The molecule has 2 amide bonds. The van der Waals surface area contributed by atoms with Gasteiger partial charge < -0.3 is 16.0 Å². The molecule has 3 N–H and O–H groups in total. The first-order valence-electron chi connectivity index (χ1n) is 11.2. The summed E-state index contributed by atoms with van der Waals surface area (Å²) < 4.78 is 0. The van der Waals surface area contributed by atoms with Crippen molar-refractivity contribution >= 4 is 17.5 Å². The topological polar surface area (TPSA) is 122 Å². The number of likely N-dealkylation sites (tertiary alicyclic amines) is 1. The van der Waals surface area contributed by atoms with Crippen LogP contribution in [-0.2, 0) is 16.1 Å². The first-order valence-corrected chi connectivity index (χ1v) is 11.2. The number of nitrogens with zero attached hydrogens (tertiary/aromatic N) is 3. The van der Waals surface area contributed by atoms with Crippen molar-refractivity contribution in [3.8, 4) is 0 Å². The largest absolute Gasteiger partial charge is 0.353 e. The summed E-state index contributed by atoms with van der Waals surface area (Å²) in [6.07, 6.45) is 5.53. The van der Waals surface area contributed by atoms with Crippen LogP contribution < -0.4 is 11.1 Å². The molecule has 0 spiro atoms. The molecule has 4 rings (SSSR count). The Hall–Kier alpha value is -2.52. The lowest BCUT2D eigenvalue weighted by molar-refractivity contribution is -0.384. The minimum atomic E-state index is -0.462. The average molecular weight is 430 g/mol. The molecule has 1 heterocycles. The molecule has 3 aliphatic rings. The first-order chi connectivity index (χ1) is 15.0. The van der Waals surface area contributed by atoms with Crippen molar-refractivity contribution in [3.05, 3.63) is 39.9 Å². The van der Waals surface area contributed by atoms with E-state index in [1.807, 2.05) is 12.1 Å². The minimum Gasteiger partial charge on any atom is -0.353 e. The Kier molecular flexibility index (Phi) is 6.52. The summed E-state index contributed by atoms with van der Waals surface area (Å²) >= 11 is 0. The number of nitro groups is 1. The van der Waals surface area contributed by atoms with Crippen molar-refractivity contribution in [1.29, 1.82) is 0 Å². The van der Waals surface area contributed by atoms with E-state index in [0.717, 1.165) is 37.7 Å². The quantitative estimate of drug-likeness (QED) is 0.452. The molecule has 1 aromatic carbocycles. The Morgan fingerprint density at radius 1 is 1.13 bits per heavy atom. The first kappa shape index (κ1) is 21.7. The van der Waals surface area contributed by atoms with Crippen LogP contribution in [0, 0.1) is 16.0 Å². The van der Waals surface area contributed by atoms with Gasteiger partial charge in [-0.1, -0.05) is 12.1 Å². The summed E-state index contributed by atoms with van der Waals surface area (Å²) in [6.45, 7) is 2.05. The fraction of sp³-hybridized carbons (Fsp3) is 0.636. The van der Waals surface area contributed by atoms with Crippen LogP contribution in [0.5, 0.6) is 0 Å². The fourth-order valence-electron chi connectivity index (χ4n) is 4.53. The molecule has 0 bridgehead atoms. The normalized spacial score (nSPS) is 23.6. The van der Waals surface area contributed by atoms with Crippen molar-refractivity contribution < 1.29 is 14.5 Å². The van der Waals surface area contributed by atoms with Gasteiger partial charge in [-0.3, -0.25) is 24.6 Å². The van der Waals surface area contributed by atoms with Gasteiger partial charge in [0, 0.05) is 56.3 Å². The van der Waals surface area contributed by atoms with E-state index in [-0.39, 0.29) is 34.4 Å². The van der Waals surface area contributed by atoms with Crippen LogP contribution >= 0.6 is 0 Å². The molecule has 2 aliphatic carbocycles. The lowest BCUT2D eigenvalue weighted by atomic mass is 9.93. The third kappa shape index (κ3) is 5.22. The maximum Gasteiger partial charge on any atom is 0.269 e. The summed E-state index contributed by atoms with van der Waals surface area (Å²) in [5.41, 5.74) is 6.67. The van der Waals surface area contributed by atoms with Gasteiger partial charge in [0.25, 0.3) is 5.69 Å². The Morgan fingerprint density at radius 2 is 1.84 bits per heavy atom. The summed E-state index contributed by atoms with van der Waals surface area (Å²) in [5.74, 6) is 0.0796. The summed E-state index contributed by atoms with van der Waals surface area (Å²) in [5, 5.41) is 13.8. The number of rotatable bonds is 9. The second kappa shape index (κ2) is 9.32. The van der Waals surface area contributed by atoms with Crippen LogP contribution in [0.4, 0.5) is 5.69 Å². The molecule has 0 aromatic heterocycles. The number of hydrogen-bond acceptors (Lipinski definition) is 6. The third-order valence-electron chi connectivity index (χ3n) is 6.53. The second-order valence-corrected chi connectivity index (χ2v) is 8.91. The van der Waals surface area contributed by atoms with E-state index in [0.29, 0.717) is 38.6 Å². The van der Waals surface area contributed by atoms with Crippen molar-refractivity contribution in [3.63, 3.8) is 0 Å². The second-order valence-electron chi connectivity index (χ2n) is 8.91. The highest BCUT2D eigenvalue weighted by Gasteiger charge is 2.44. The van der Waals surface area contributed by atoms with Gasteiger partial charge in [0.05, 0.1) is 4.92 Å². The van der Waals surface area contributed by atoms with E-state index in [9.17, 15) is 19.7 Å². The molecule has 1 aliphatic heterocycles. The number of carbonyl (C=O) groups is 2. The smallest absolute Gasteiger partial charge is 0.269 e. The highest BCUT2D eigenvalue weighted by Crippen LogP contribution is 2.37. The maximum atomic E-state index is 12.9. The number of nitro benzene ring substituents is 1. The summed E-state index contributed by atoms with van der Waals surface area (Å²) in [7, 11) is 0. The van der Waals surface area contributed by atoms with Crippen molar-refractivity contribution in [2.45, 2.75) is 63.2 Å². The van der Waals surface area contributed by atoms with Crippen molar-refractivity contribution in [2.24, 2.45) is 11.7 Å². The number of carbonyl (C=O) groups excluding carboxylic acids is 2. The molecule has 9 heteroatoms. The molecular weight excluding hydrogens is 398 g/mol. The monoisotopic (exact) mass is 429 g/mol. The van der Waals surface area contributed by atoms with Gasteiger partial charge in [0.2, 0.25) is 11.8 Å². The van der Waals surface area contributed by atoms with Crippen LogP contribution in [-0.4, -0.2) is 64.3 Å². The van der Waals surface area contributed by atoms with Crippen LogP contribution in [0.25, 0.3) is 0 Å². The summed E-state index contributed by atoms with van der Waals surface area (Å²) in [6, 6.07) is 6.91. The predicted molar refractivity (Wildman–Crippen MR) is 115 cm³/mol. The Morgan fingerprint density at radius 3 is 2.42 bits per heavy atom. The molecular formula is C22H31N5O4. The molecule has 2 atom stereocenters. The van der Waals surface area contributed by atoms with E-state index >= 15 is 0 Å². The third-order valence-corrected chi connectivity index (χ3v) is 6.53. The van der Waals surface area contributed by atoms with Gasteiger partial charge in [-0.05, 0) is 44.1 Å². The van der Waals surface area contributed by atoms with Crippen LogP contribution in [0.1, 0.15) is 44.1 Å². The zero-order chi connectivity index (χ0) is 22.0. The van der Waals surface area contributed by atoms with E-state index in [2.05, 4.69) is 10.2 Å². The minimum absolute atomic E-state index is 0.0843.